The molecule has 0 atom stereocenters. The van der Waals surface area contributed by atoms with Gasteiger partial charge >= 0.3 is 0 Å². The lowest BCUT2D eigenvalue weighted by Crippen LogP contribution is -2.35. The molecular formula is C26H24N4O2. The smallest absolute Gasteiger partial charge is 0.254 e. The summed E-state index contributed by atoms with van der Waals surface area (Å²) in [5.74, 6) is -0.485. The molecule has 0 unspecified atom stereocenters. The Hall–Kier alpha value is -4.06. The molecule has 0 aliphatic heterocycles. The Kier molecular flexibility index (Phi) is 5.94. The molecule has 4 rings (SSSR count). The van der Waals surface area contributed by atoms with Gasteiger partial charge in [0.25, 0.3) is 5.91 Å². The lowest BCUT2D eigenvalue weighted by Gasteiger charge is -2.19. The molecular weight excluding hydrogens is 400 g/mol. The average Bonchev–Trinajstić information content (AvgIpc) is 2.81. The van der Waals surface area contributed by atoms with E-state index in [2.05, 4.69) is 10.3 Å². The van der Waals surface area contributed by atoms with Gasteiger partial charge < -0.3 is 10.2 Å². The summed E-state index contributed by atoms with van der Waals surface area (Å²) in [5, 5.41) is 3.69. The molecule has 0 fully saturated rings. The zero-order valence-electron chi connectivity index (χ0n) is 18.3. The van der Waals surface area contributed by atoms with Crippen LogP contribution in [-0.2, 0) is 4.79 Å². The molecule has 2 amide bonds. The van der Waals surface area contributed by atoms with E-state index >= 15 is 0 Å². The molecule has 2 aromatic carbocycles. The predicted molar refractivity (Wildman–Crippen MR) is 126 cm³/mol. The summed E-state index contributed by atoms with van der Waals surface area (Å²) in [4.78, 5) is 36.2. The monoisotopic (exact) mass is 424 g/mol. The number of hydrogen-bond donors (Lipinski definition) is 1. The summed E-state index contributed by atoms with van der Waals surface area (Å²) < 4.78 is 0. The number of carbonyl (C=O) groups is 2. The van der Waals surface area contributed by atoms with Gasteiger partial charge in [-0.15, -0.1) is 0 Å². The molecule has 0 saturated heterocycles. The third-order valence-electron chi connectivity index (χ3n) is 5.40. The number of likely N-dealkylation sites (N-methyl/N-ethyl adjacent to an activating group) is 1. The van der Waals surface area contributed by atoms with Gasteiger partial charge in [-0.05, 0) is 49.2 Å². The van der Waals surface area contributed by atoms with Crippen molar-refractivity contribution in [2.24, 2.45) is 0 Å². The quantitative estimate of drug-likeness (QED) is 0.507. The number of rotatable bonds is 5. The van der Waals surface area contributed by atoms with Crippen molar-refractivity contribution >= 4 is 28.4 Å². The molecule has 6 nitrogen and oxygen atoms in total. The Bertz CT molecular complexity index is 1280. The first-order valence-electron chi connectivity index (χ1n) is 10.4. The standard InChI is InChI=1S/C26H24N4O2/c1-17-7-6-8-18(2)25(17)29-24(31)16-30(3)26(32)21-15-23(19-11-13-27-14-12-19)28-22-10-5-4-9-20(21)22/h4-15H,16H2,1-3H3,(H,29,31). The maximum atomic E-state index is 13.4. The summed E-state index contributed by atoms with van der Waals surface area (Å²) in [7, 11) is 1.63. The normalized spacial score (nSPS) is 10.7. The van der Waals surface area contributed by atoms with Gasteiger partial charge in [-0.3, -0.25) is 14.6 Å². The molecule has 0 saturated carbocycles. The van der Waals surface area contributed by atoms with Gasteiger partial charge in [-0.2, -0.15) is 0 Å². The number of benzene rings is 2. The van der Waals surface area contributed by atoms with Gasteiger partial charge in [0.15, 0.2) is 0 Å². The lowest BCUT2D eigenvalue weighted by atomic mass is 10.0. The highest BCUT2D eigenvalue weighted by molar-refractivity contribution is 6.08. The molecule has 6 heteroatoms. The van der Waals surface area contributed by atoms with Gasteiger partial charge in [-0.1, -0.05) is 36.4 Å². The number of aryl methyl sites for hydroxylation is 2. The fraction of sp³-hybridized carbons (Fsp3) is 0.154. The van der Waals surface area contributed by atoms with Crippen molar-refractivity contribution in [1.82, 2.24) is 14.9 Å². The third kappa shape index (κ3) is 4.34. The number of anilines is 1. The first kappa shape index (κ1) is 21.2. The predicted octanol–water partition coefficient (Wildman–Crippen LogP) is 4.62. The Morgan fingerprint density at radius 2 is 1.62 bits per heavy atom. The van der Waals surface area contributed by atoms with Crippen molar-refractivity contribution in [3.63, 3.8) is 0 Å². The Morgan fingerprint density at radius 3 is 2.34 bits per heavy atom. The Morgan fingerprint density at radius 1 is 0.938 bits per heavy atom. The number of fused-ring (bicyclic) bond motifs is 1. The van der Waals surface area contributed by atoms with Crippen molar-refractivity contribution in [2.45, 2.75) is 13.8 Å². The van der Waals surface area contributed by atoms with Gasteiger partial charge in [0.2, 0.25) is 5.91 Å². The van der Waals surface area contributed by atoms with Crippen LogP contribution in [0.25, 0.3) is 22.2 Å². The highest BCUT2D eigenvalue weighted by Gasteiger charge is 2.20. The zero-order valence-corrected chi connectivity index (χ0v) is 18.3. The van der Waals surface area contributed by atoms with Crippen LogP contribution in [-0.4, -0.2) is 40.3 Å². The molecule has 0 aliphatic rings. The van der Waals surface area contributed by atoms with Crippen LogP contribution in [0.5, 0.6) is 0 Å². The number of carbonyl (C=O) groups excluding carboxylic acids is 2. The first-order chi connectivity index (χ1) is 15.4. The summed E-state index contributed by atoms with van der Waals surface area (Å²) in [5.41, 5.74) is 5.53. The fourth-order valence-electron chi connectivity index (χ4n) is 3.71. The number of nitrogens with one attached hydrogen (secondary N) is 1. The summed E-state index contributed by atoms with van der Waals surface area (Å²) >= 11 is 0. The molecule has 2 heterocycles. The van der Waals surface area contributed by atoms with Crippen LogP contribution in [0.2, 0.25) is 0 Å². The minimum absolute atomic E-state index is 0.0617. The van der Waals surface area contributed by atoms with Crippen LogP contribution in [0.1, 0.15) is 21.5 Å². The Balaban J connectivity index is 1.62. The molecule has 32 heavy (non-hydrogen) atoms. The molecule has 0 spiro atoms. The van der Waals surface area contributed by atoms with Crippen molar-refractivity contribution in [1.29, 1.82) is 0 Å². The van der Waals surface area contributed by atoms with Crippen LogP contribution in [0.15, 0.2) is 73.1 Å². The Labute approximate surface area is 186 Å². The maximum absolute atomic E-state index is 13.4. The number of para-hydroxylation sites is 2. The fourth-order valence-corrected chi connectivity index (χ4v) is 3.71. The molecule has 0 bridgehead atoms. The van der Waals surface area contributed by atoms with Crippen molar-refractivity contribution in [3.05, 3.63) is 89.7 Å². The molecule has 2 aromatic heterocycles. The van der Waals surface area contributed by atoms with Gasteiger partial charge in [-0.25, -0.2) is 4.98 Å². The summed E-state index contributed by atoms with van der Waals surface area (Å²) in [6.07, 6.45) is 3.38. The molecule has 0 aliphatic carbocycles. The largest absolute Gasteiger partial charge is 0.332 e. The number of nitrogens with zero attached hydrogens (tertiary/aromatic N) is 3. The second kappa shape index (κ2) is 8.98. The average molecular weight is 425 g/mol. The maximum Gasteiger partial charge on any atom is 0.254 e. The van der Waals surface area contributed by atoms with E-state index < -0.39 is 0 Å². The number of pyridine rings is 2. The number of amides is 2. The van der Waals surface area contributed by atoms with E-state index in [4.69, 9.17) is 4.98 Å². The van der Waals surface area contributed by atoms with Crippen LogP contribution in [0.4, 0.5) is 5.69 Å². The van der Waals surface area contributed by atoms with Gasteiger partial charge in [0, 0.05) is 36.1 Å². The van der Waals surface area contributed by atoms with E-state index in [1.165, 1.54) is 4.90 Å². The third-order valence-corrected chi connectivity index (χ3v) is 5.40. The summed E-state index contributed by atoms with van der Waals surface area (Å²) in [6, 6.07) is 18.8. The van der Waals surface area contributed by atoms with E-state index in [0.717, 1.165) is 33.3 Å². The van der Waals surface area contributed by atoms with E-state index in [1.807, 2.05) is 68.4 Å². The van der Waals surface area contributed by atoms with Crippen LogP contribution in [0, 0.1) is 13.8 Å². The lowest BCUT2D eigenvalue weighted by molar-refractivity contribution is -0.116. The van der Waals surface area contributed by atoms with Crippen molar-refractivity contribution in [3.8, 4) is 11.3 Å². The van der Waals surface area contributed by atoms with Crippen LogP contribution >= 0.6 is 0 Å². The SMILES string of the molecule is Cc1cccc(C)c1NC(=O)CN(C)C(=O)c1cc(-c2ccncc2)nc2ccccc12. The van der Waals surface area contributed by atoms with Gasteiger partial charge in [0.05, 0.1) is 23.3 Å². The highest BCUT2D eigenvalue weighted by atomic mass is 16.2. The van der Waals surface area contributed by atoms with Crippen molar-refractivity contribution < 1.29 is 9.59 Å². The number of hydrogen-bond acceptors (Lipinski definition) is 4. The highest BCUT2D eigenvalue weighted by Crippen LogP contribution is 2.25. The van der Waals surface area contributed by atoms with Crippen LogP contribution < -0.4 is 5.32 Å². The second-order valence-electron chi connectivity index (χ2n) is 7.78. The zero-order chi connectivity index (χ0) is 22.7. The molecule has 0 radical (unpaired) electrons. The van der Waals surface area contributed by atoms with Crippen LogP contribution in [0.3, 0.4) is 0 Å². The minimum Gasteiger partial charge on any atom is -0.332 e. The first-order valence-corrected chi connectivity index (χ1v) is 10.4. The van der Waals surface area contributed by atoms with E-state index in [1.54, 1.807) is 25.5 Å². The van der Waals surface area contributed by atoms with Gasteiger partial charge in [0.1, 0.15) is 0 Å². The molecule has 4 aromatic rings. The number of aromatic nitrogens is 2. The molecule has 1 N–H and O–H groups in total. The van der Waals surface area contributed by atoms with E-state index in [9.17, 15) is 9.59 Å². The second-order valence-corrected chi connectivity index (χ2v) is 7.78. The summed E-state index contributed by atoms with van der Waals surface area (Å²) in [6.45, 7) is 3.83. The van der Waals surface area contributed by atoms with Crippen molar-refractivity contribution in [2.75, 3.05) is 18.9 Å². The van der Waals surface area contributed by atoms with E-state index in [0.29, 0.717) is 11.3 Å². The topological polar surface area (TPSA) is 75.2 Å². The van der Waals surface area contributed by atoms with E-state index in [-0.39, 0.29) is 18.4 Å². The molecule has 160 valence electrons. The minimum atomic E-state index is -0.244.